The van der Waals surface area contributed by atoms with Crippen LogP contribution >= 0.6 is 23.4 Å². The Labute approximate surface area is 131 Å². The van der Waals surface area contributed by atoms with E-state index in [-0.39, 0.29) is 5.91 Å². The van der Waals surface area contributed by atoms with E-state index in [2.05, 4.69) is 20.8 Å². The molecule has 9 heteroatoms. The summed E-state index contributed by atoms with van der Waals surface area (Å²) in [5.74, 6) is 0.707. The van der Waals surface area contributed by atoms with Gasteiger partial charge in [-0.3, -0.25) is 4.79 Å². The van der Waals surface area contributed by atoms with Gasteiger partial charge in [-0.2, -0.15) is 0 Å². The number of hydrogen-bond acceptors (Lipinski definition) is 6. The first-order chi connectivity index (χ1) is 10.1. The minimum absolute atomic E-state index is 0.0617. The number of nitrogen functional groups attached to an aromatic ring is 1. The highest BCUT2D eigenvalue weighted by molar-refractivity contribution is 7.99. The average Bonchev–Trinajstić information content (AvgIpc) is 2.85. The number of thioether (sulfide) groups is 1. The summed E-state index contributed by atoms with van der Waals surface area (Å²) in [6.07, 6.45) is 1.15. The van der Waals surface area contributed by atoms with E-state index in [1.54, 1.807) is 29.9 Å². The molecule has 1 aromatic heterocycles. The predicted molar refractivity (Wildman–Crippen MR) is 83.3 cm³/mol. The van der Waals surface area contributed by atoms with Gasteiger partial charge in [-0.1, -0.05) is 23.4 Å². The number of aromatic nitrogens is 4. The van der Waals surface area contributed by atoms with Crippen molar-refractivity contribution in [2.24, 2.45) is 7.05 Å². The Kier molecular flexibility index (Phi) is 5.40. The van der Waals surface area contributed by atoms with Gasteiger partial charge in [0, 0.05) is 24.9 Å². The highest BCUT2D eigenvalue weighted by Gasteiger charge is 2.06. The fourth-order valence-corrected chi connectivity index (χ4v) is 2.49. The van der Waals surface area contributed by atoms with Crippen LogP contribution in [-0.2, 0) is 11.8 Å². The van der Waals surface area contributed by atoms with Crippen molar-refractivity contribution in [3.63, 3.8) is 0 Å². The van der Waals surface area contributed by atoms with Crippen LogP contribution in [0.3, 0.4) is 0 Å². The van der Waals surface area contributed by atoms with Crippen LogP contribution in [-0.4, -0.2) is 31.9 Å². The normalized spacial score (nSPS) is 10.6. The first-order valence-corrected chi connectivity index (χ1v) is 7.62. The maximum absolute atomic E-state index is 11.8. The number of rotatable bonds is 6. The smallest absolute Gasteiger partial charge is 0.224 e. The van der Waals surface area contributed by atoms with Crippen molar-refractivity contribution < 1.29 is 4.79 Å². The fourth-order valence-electron chi connectivity index (χ4n) is 1.58. The summed E-state index contributed by atoms with van der Waals surface area (Å²) in [5.41, 5.74) is 6.77. The van der Waals surface area contributed by atoms with Crippen molar-refractivity contribution in [1.82, 2.24) is 20.2 Å². The number of tetrazole rings is 1. The largest absolute Gasteiger partial charge is 0.397 e. The van der Waals surface area contributed by atoms with Gasteiger partial charge in [0.15, 0.2) is 0 Å². The summed E-state index contributed by atoms with van der Waals surface area (Å²) in [5, 5.41) is 15.1. The van der Waals surface area contributed by atoms with Crippen LogP contribution < -0.4 is 11.1 Å². The van der Waals surface area contributed by atoms with Gasteiger partial charge in [0.25, 0.3) is 0 Å². The molecule has 0 unspecified atom stereocenters. The molecule has 1 aromatic carbocycles. The second kappa shape index (κ2) is 7.28. The molecule has 3 N–H and O–H groups in total. The zero-order valence-electron chi connectivity index (χ0n) is 11.4. The zero-order chi connectivity index (χ0) is 15.2. The minimum Gasteiger partial charge on any atom is -0.397 e. The van der Waals surface area contributed by atoms with Crippen LogP contribution in [0, 0.1) is 0 Å². The summed E-state index contributed by atoms with van der Waals surface area (Å²) in [7, 11) is 1.78. The van der Waals surface area contributed by atoms with E-state index in [1.165, 1.54) is 11.8 Å². The summed E-state index contributed by atoms with van der Waals surface area (Å²) in [6, 6.07) is 5.01. The lowest BCUT2D eigenvalue weighted by Gasteiger charge is -2.06. The van der Waals surface area contributed by atoms with Crippen molar-refractivity contribution in [2.45, 2.75) is 18.0 Å². The molecule has 1 heterocycles. The number of nitrogens with two attached hydrogens (primary N) is 1. The van der Waals surface area contributed by atoms with Crippen LogP contribution in [0.2, 0.25) is 5.02 Å². The number of nitrogens with zero attached hydrogens (tertiary/aromatic N) is 4. The molecule has 0 aliphatic carbocycles. The van der Waals surface area contributed by atoms with Gasteiger partial charge in [-0.25, -0.2) is 4.68 Å². The van der Waals surface area contributed by atoms with Crippen molar-refractivity contribution in [1.29, 1.82) is 0 Å². The molecule has 2 aromatic rings. The molecule has 21 heavy (non-hydrogen) atoms. The molecule has 0 aliphatic heterocycles. The Balaban J connectivity index is 1.72. The molecule has 0 atom stereocenters. The number of amides is 1. The number of aryl methyl sites for hydroxylation is 1. The Morgan fingerprint density at radius 3 is 3.00 bits per heavy atom. The van der Waals surface area contributed by atoms with Crippen molar-refractivity contribution >= 4 is 40.6 Å². The number of carbonyl (C=O) groups is 1. The third kappa shape index (κ3) is 4.61. The molecular formula is C12H15ClN6OS. The topological polar surface area (TPSA) is 98.7 Å². The van der Waals surface area contributed by atoms with Gasteiger partial charge in [-0.05, 0) is 35.0 Å². The highest BCUT2D eigenvalue weighted by atomic mass is 35.5. The number of halogens is 1. The lowest BCUT2D eigenvalue weighted by Crippen LogP contribution is -2.11. The van der Waals surface area contributed by atoms with Crippen LogP contribution in [0.5, 0.6) is 0 Å². The van der Waals surface area contributed by atoms with Gasteiger partial charge >= 0.3 is 0 Å². The number of carbonyl (C=O) groups excluding carboxylic acids is 1. The zero-order valence-corrected chi connectivity index (χ0v) is 13.0. The molecule has 0 radical (unpaired) electrons. The minimum atomic E-state index is -0.0617. The Morgan fingerprint density at radius 1 is 1.52 bits per heavy atom. The third-order valence-electron chi connectivity index (χ3n) is 2.64. The average molecular weight is 327 g/mol. The SMILES string of the molecule is Cn1nnnc1SCCCC(=O)Nc1ccc(Cl)c(N)c1. The van der Waals surface area contributed by atoms with E-state index in [0.29, 0.717) is 22.8 Å². The summed E-state index contributed by atoms with van der Waals surface area (Å²) in [4.78, 5) is 11.8. The molecule has 7 nitrogen and oxygen atoms in total. The maximum Gasteiger partial charge on any atom is 0.224 e. The molecule has 0 saturated heterocycles. The molecule has 0 fully saturated rings. The highest BCUT2D eigenvalue weighted by Crippen LogP contribution is 2.22. The molecule has 0 spiro atoms. The van der Waals surface area contributed by atoms with Crippen molar-refractivity contribution in [3.05, 3.63) is 23.2 Å². The maximum atomic E-state index is 11.8. The van der Waals surface area contributed by atoms with Crippen molar-refractivity contribution in [3.8, 4) is 0 Å². The predicted octanol–water partition coefficient (Wildman–Crippen LogP) is 1.96. The van der Waals surface area contributed by atoms with Gasteiger partial charge in [0.2, 0.25) is 11.1 Å². The Hall–Kier alpha value is -1.80. The first kappa shape index (κ1) is 15.6. The third-order valence-corrected chi connectivity index (χ3v) is 4.08. The summed E-state index contributed by atoms with van der Waals surface area (Å²) < 4.78 is 1.60. The molecule has 1 amide bonds. The second-order valence-corrected chi connectivity index (χ2v) is 5.79. The Bertz CT molecular complexity index is 632. The van der Waals surface area contributed by atoms with E-state index in [1.807, 2.05) is 0 Å². The Morgan fingerprint density at radius 2 is 2.33 bits per heavy atom. The fraction of sp³-hybridized carbons (Fsp3) is 0.333. The molecule has 0 aliphatic rings. The molecular weight excluding hydrogens is 312 g/mol. The van der Waals surface area contributed by atoms with Crippen LogP contribution in [0.4, 0.5) is 11.4 Å². The number of nitrogens with one attached hydrogen (secondary N) is 1. The van der Waals surface area contributed by atoms with E-state index < -0.39 is 0 Å². The quantitative estimate of drug-likeness (QED) is 0.478. The standard InChI is InChI=1S/C12H15ClN6OS/c1-19-12(16-17-18-19)21-6-2-3-11(20)15-8-4-5-9(13)10(14)7-8/h4-5,7H,2-3,6,14H2,1H3,(H,15,20). The number of anilines is 2. The van der Waals surface area contributed by atoms with Crippen LogP contribution in [0.15, 0.2) is 23.4 Å². The van der Waals surface area contributed by atoms with Gasteiger partial charge in [0.1, 0.15) is 0 Å². The van der Waals surface area contributed by atoms with E-state index in [9.17, 15) is 4.79 Å². The van der Waals surface area contributed by atoms with E-state index in [4.69, 9.17) is 17.3 Å². The van der Waals surface area contributed by atoms with Crippen LogP contribution in [0.1, 0.15) is 12.8 Å². The van der Waals surface area contributed by atoms with Crippen molar-refractivity contribution in [2.75, 3.05) is 16.8 Å². The van der Waals surface area contributed by atoms with Crippen LogP contribution in [0.25, 0.3) is 0 Å². The van der Waals surface area contributed by atoms with Gasteiger partial charge in [-0.15, -0.1) is 5.10 Å². The van der Waals surface area contributed by atoms with Gasteiger partial charge in [0.05, 0.1) is 10.7 Å². The number of benzene rings is 1. The first-order valence-electron chi connectivity index (χ1n) is 6.26. The molecule has 112 valence electrons. The number of hydrogen-bond donors (Lipinski definition) is 2. The van der Waals surface area contributed by atoms with E-state index >= 15 is 0 Å². The summed E-state index contributed by atoms with van der Waals surface area (Å²) in [6.45, 7) is 0. The molecule has 2 rings (SSSR count). The monoisotopic (exact) mass is 326 g/mol. The molecule has 0 saturated carbocycles. The molecule has 0 bridgehead atoms. The lowest BCUT2D eigenvalue weighted by molar-refractivity contribution is -0.116. The second-order valence-electron chi connectivity index (χ2n) is 4.32. The van der Waals surface area contributed by atoms with Gasteiger partial charge < -0.3 is 11.1 Å². The van der Waals surface area contributed by atoms with E-state index in [0.717, 1.165) is 17.3 Å². The summed E-state index contributed by atoms with van der Waals surface area (Å²) >= 11 is 7.34. The lowest BCUT2D eigenvalue weighted by atomic mass is 10.2.